The third-order valence-corrected chi connectivity index (χ3v) is 4.82. The van der Waals surface area contributed by atoms with Crippen LogP contribution in [0.1, 0.15) is 62.6 Å². The normalized spacial score (nSPS) is 18.2. The van der Waals surface area contributed by atoms with Crippen molar-refractivity contribution in [2.24, 2.45) is 0 Å². The van der Waals surface area contributed by atoms with Crippen molar-refractivity contribution >= 4 is 27.5 Å². The van der Waals surface area contributed by atoms with Gasteiger partial charge in [-0.1, -0.05) is 31.4 Å². The van der Waals surface area contributed by atoms with Gasteiger partial charge in [0, 0.05) is 13.0 Å². The highest BCUT2D eigenvalue weighted by molar-refractivity contribution is 9.10. The first-order valence-electron chi connectivity index (χ1n) is 6.43. The lowest BCUT2D eigenvalue weighted by Crippen LogP contribution is -2.10. The third kappa shape index (κ3) is 2.86. The van der Waals surface area contributed by atoms with E-state index in [-0.39, 0.29) is 6.10 Å². The van der Waals surface area contributed by atoms with Crippen molar-refractivity contribution in [3.8, 4) is 0 Å². The summed E-state index contributed by atoms with van der Waals surface area (Å²) in [5.74, 6) is 1.21. The van der Waals surface area contributed by atoms with Crippen molar-refractivity contribution in [3.05, 3.63) is 21.1 Å². The highest BCUT2D eigenvalue weighted by Gasteiger charge is 2.25. The molecule has 18 heavy (non-hydrogen) atoms. The minimum Gasteiger partial charge on any atom is -0.373 e. The molecule has 100 valence electrons. The number of methoxy groups -OCH3 is 1. The summed E-state index contributed by atoms with van der Waals surface area (Å²) < 4.78 is 6.25. The molecule has 3 nitrogen and oxygen atoms in total. The van der Waals surface area contributed by atoms with Crippen LogP contribution in [0, 0.1) is 0 Å². The van der Waals surface area contributed by atoms with Gasteiger partial charge in [0.25, 0.3) is 0 Å². The number of halogens is 2. The van der Waals surface area contributed by atoms with Crippen LogP contribution in [0.3, 0.4) is 0 Å². The first kappa shape index (κ1) is 14.2. The quantitative estimate of drug-likeness (QED) is 0.752. The molecule has 1 heterocycles. The molecule has 0 radical (unpaired) electrons. The number of hydrogen-bond acceptors (Lipinski definition) is 3. The maximum atomic E-state index is 6.20. The van der Waals surface area contributed by atoms with Crippen LogP contribution >= 0.6 is 27.5 Å². The van der Waals surface area contributed by atoms with Crippen LogP contribution in [-0.2, 0) is 4.74 Å². The van der Waals surface area contributed by atoms with E-state index in [2.05, 4.69) is 32.8 Å². The van der Waals surface area contributed by atoms with Gasteiger partial charge in [-0.05, 0) is 35.2 Å². The molecule has 1 atom stereocenters. The fourth-order valence-corrected chi connectivity index (χ4v) is 3.21. The van der Waals surface area contributed by atoms with E-state index in [1.54, 1.807) is 7.11 Å². The summed E-state index contributed by atoms with van der Waals surface area (Å²) in [4.78, 5) is 9.02. The first-order valence-corrected chi connectivity index (χ1v) is 7.60. The van der Waals surface area contributed by atoms with Crippen molar-refractivity contribution in [2.75, 3.05) is 7.11 Å². The monoisotopic (exact) mass is 332 g/mol. The Morgan fingerprint density at radius 1 is 1.39 bits per heavy atom. The zero-order chi connectivity index (χ0) is 13.1. The minimum absolute atomic E-state index is 0.0734. The molecule has 5 heteroatoms. The van der Waals surface area contributed by atoms with Crippen molar-refractivity contribution in [1.29, 1.82) is 0 Å². The van der Waals surface area contributed by atoms with E-state index < -0.39 is 0 Å². The molecule has 1 aliphatic carbocycles. The van der Waals surface area contributed by atoms with Gasteiger partial charge in [0.1, 0.15) is 11.3 Å². The van der Waals surface area contributed by atoms with Gasteiger partial charge < -0.3 is 4.74 Å². The van der Waals surface area contributed by atoms with Crippen LogP contribution in [-0.4, -0.2) is 17.1 Å². The van der Waals surface area contributed by atoms with Gasteiger partial charge in [0.05, 0.1) is 10.2 Å². The van der Waals surface area contributed by atoms with Crippen molar-refractivity contribution in [2.45, 2.75) is 51.0 Å². The molecular formula is C13H18BrClN2O. The predicted octanol–water partition coefficient (Wildman–Crippen LogP) is 4.65. The Morgan fingerprint density at radius 3 is 2.61 bits per heavy atom. The first-order chi connectivity index (χ1) is 8.67. The second-order valence-corrected chi connectivity index (χ2v) is 5.84. The van der Waals surface area contributed by atoms with E-state index in [9.17, 15) is 0 Å². The van der Waals surface area contributed by atoms with E-state index in [1.165, 1.54) is 25.7 Å². The SMILES string of the molecule is CCC(OC)c1nc(Cl)c(Br)c(C2CCCC2)n1. The van der Waals surface area contributed by atoms with Gasteiger partial charge in [-0.25, -0.2) is 9.97 Å². The summed E-state index contributed by atoms with van der Waals surface area (Å²) in [6.45, 7) is 2.06. The van der Waals surface area contributed by atoms with Crippen molar-refractivity contribution in [1.82, 2.24) is 9.97 Å². The Morgan fingerprint density at radius 2 is 2.06 bits per heavy atom. The second-order valence-electron chi connectivity index (χ2n) is 4.69. The average molecular weight is 334 g/mol. The molecule has 1 aliphatic rings. The Hall–Kier alpha value is -0.190. The van der Waals surface area contributed by atoms with E-state index in [4.69, 9.17) is 16.3 Å². The van der Waals surface area contributed by atoms with Crippen molar-refractivity contribution in [3.63, 3.8) is 0 Å². The lowest BCUT2D eigenvalue weighted by atomic mass is 10.0. The lowest BCUT2D eigenvalue weighted by Gasteiger charge is -2.17. The molecular weight excluding hydrogens is 316 g/mol. The molecule has 2 rings (SSSR count). The minimum atomic E-state index is -0.0734. The number of hydrogen-bond donors (Lipinski definition) is 0. The third-order valence-electron chi connectivity index (χ3n) is 3.54. The van der Waals surface area contributed by atoms with Crippen LogP contribution in [0.5, 0.6) is 0 Å². The molecule has 0 aromatic carbocycles. The predicted molar refractivity (Wildman–Crippen MR) is 76.0 cm³/mol. The van der Waals surface area contributed by atoms with Crippen LogP contribution in [0.15, 0.2) is 4.47 Å². The molecule has 0 saturated heterocycles. The molecule has 1 unspecified atom stereocenters. The molecule has 0 N–H and O–H groups in total. The Kier molecular flexibility index (Phi) is 4.98. The zero-order valence-corrected chi connectivity index (χ0v) is 13.1. The van der Waals surface area contributed by atoms with Gasteiger partial charge in [-0.15, -0.1) is 0 Å². The smallest absolute Gasteiger partial charge is 0.159 e. The summed E-state index contributed by atoms with van der Waals surface area (Å²) in [6, 6.07) is 0. The number of aromatic nitrogens is 2. The van der Waals surface area contributed by atoms with E-state index in [0.717, 1.165) is 16.6 Å². The molecule has 0 aliphatic heterocycles. The van der Waals surface area contributed by atoms with Gasteiger partial charge in [0.2, 0.25) is 0 Å². The average Bonchev–Trinajstić information content (AvgIpc) is 2.88. The summed E-state index contributed by atoms with van der Waals surface area (Å²) in [7, 11) is 1.68. The maximum absolute atomic E-state index is 6.20. The molecule has 1 aromatic heterocycles. The highest BCUT2D eigenvalue weighted by Crippen LogP contribution is 2.39. The van der Waals surface area contributed by atoms with Crippen LogP contribution in [0.25, 0.3) is 0 Å². The fraction of sp³-hybridized carbons (Fsp3) is 0.692. The van der Waals surface area contributed by atoms with Gasteiger partial charge in [-0.2, -0.15) is 0 Å². The molecule has 0 spiro atoms. The topological polar surface area (TPSA) is 35.0 Å². The fourth-order valence-electron chi connectivity index (χ4n) is 2.52. The number of nitrogens with zero attached hydrogens (tertiary/aromatic N) is 2. The molecule has 0 amide bonds. The van der Waals surface area contributed by atoms with E-state index in [0.29, 0.717) is 16.9 Å². The lowest BCUT2D eigenvalue weighted by molar-refractivity contribution is 0.0922. The standard InChI is InChI=1S/C13H18BrClN2O/c1-3-9(18-2)13-16-11(8-6-4-5-7-8)10(14)12(15)17-13/h8-9H,3-7H2,1-2H3. The summed E-state index contributed by atoms with van der Waals surface area (Å²) in [6.07, 6.45) is 5.70. The second kappa shape index (κ2) is 6.31. The van der Waals surface area contributed by atoms with Crippen LogP contribution in [0.2, 0.25) is 5.15 Å². The van der Waals surface area contributed by atoms with Crippen molar-refractivity contribution < 1.29 is 4.74 Å². The molecule has 1 saturated carbocycles. The summed E-state index contributed by atoms with van der Waals surface area (Å²) >= 11 is 9.72. The Balaban J connectivity index is 2.38. The Bertz CT molecular complexity index is 418. The molecule has 1 aromatic rings. The number of rotatable bonds is 4. The summed E-state index contributed by atoms with van der Waals surface area (Å²) in [5, 5.41) is 0.498. The summed E-state index contributed by atoms with van der Waals surface area (Å²) in [5.41, 5.74) is 1.05. The maximum Gasteiger partial charge on any atom is 0.159 e. The molecule has 0 bridgehead atoms. The van der Waals surface area contributed by atoms with E-state index >= 15 is 0 Å². The van der Waals surface area contributed by atoms with Gasteiger partial charge >= 0.3 is 0 Å². The van der Waals surface area contributed by atoms with Crippen LogP contribution in [0.4, 0.5) is 0 Å². The van der Waals surface area contributed by atoms with E-state index in [1.807, 2.05) is 0 Å². The van der Waals surface area contributed by atoms with Crippen LogP contribution < -0.4 is 0 Å². The largest absolute Gasteiger partial charge is 0.373 e. The van der Waals surface area contributed by atoms with Gasteiger partial charge in [0.15, 0.2) is 5.82 Å². The number of ether oxygens (including phenoxy) is 1. The molecule has 1 fully saturated rings. The highest BCUT2D eigenvalue weighted by atomic mass is 79.9. The Labute approximate surface area is 121 Å². The zero-order valence-electron chi connectivity index (χ0n) is 10.7. The van der Waals surface area contributed by atoms with Gasteiger partial charge in [-0.3, -0.25) is 0 Å².